The second-order valence-corrected chi connectivity index (χ2v) is 6.80. The molecule has 0 bridgehead atoms. The van der Waals surface area contributed by atoms with Crippen LogP contribution in [0.25, 0.3) is 0 Å². The Morgan fingerprint density at radius 2 is 1.69 bits per heavy atom. The van der Waals surface area contributed by atoms with Crippen molar-refractivity contribution in [2.75, 3.05) is 13.1 Å². The number of carbonyl (C=O) groups excluding carboxylic acids is 4. The second-order valence-electron chi connectivity index (χ2n) is 6.80. The first-order valence-electron chi connectivity index (χ1n) is 8.97. The summed E-state index contributed by atoms with van der Waals surface area (Å²) in [7, 11) is 0. The van der Waals surface area contributed by atoms with Gasteiger partial charge in [-0.1, -0.05) is 18.2 Å². The third-order valence-corrected chi connectivity index (χ3v) is 4.88. The lowest BCUT2D eigenvalue weighted by atomic mass is 10.1. The number of carbonyl (C=O) groups is 4. The van der Waals surface area contributed by atoms with Gasteiger partial charge in [0.05, 0.1) is 6.54 Å². The molecule has 1 aliphatic heterocycles. The van der Waals surface area contributed by atoms with Crippen LogP contribution in [0.5, 0.6) is 0 Å². The number of imide groups is 2. The Hall–Kier alpha value is -3.55. The Kier molecular flexibility index (Phi) is 5.45. The number of aromatic nitrogens is 1. The van der Waals surface area contributed by atoms with Crippen molar-refractivity contribution in [2.45, 2.75) is 20.4 Å². The van der Waals surface area contributed by atoms with Crippen molar-refractivity contribution >= 4 is 23.6 Å². The van der Waals surface area contributed by atoms with E-state index in [1.54, 1.807) is 25.1 Å². The minimum atomic E-state index is -1.02. The molecule has 2 aromatic rings. The molecule has 4 amide bonds. The third-order valence-electron chi connectivity index (χ3n) is 4.88. The van der Waals surface area contributed by atoms with Crippen LogP contribution in [0, 0.1) is 19.7 Å². The first-order valence-corrected chi connectivity index (χ1v) is 8.97. The monoisotopic (exact) mass is 397 g/mol. The van der Waals surface area contributed by atoms with Gasteiger partial charge in [-0.25, -0.2) is 14.1 Å². The molecular weight excluding hydrogens is 377 g/mol. The molecule has 1 fully saturated rings. The molecule has 150 valence electrons. The number of amides is 4. The minimum Gasteiger partial charge on any atom is -0.344 e. The van der Waals surface area contributed by atoms with Crippen LogP contribution in [-0.4, -0.2) is 51.1 Å². The number of rotatable bonds is 7. The summed E-state index contributed by atoms with van der Waals surface area (Å²) in [6.07, 6.45) is 1.33. The topological polar surface area (TPSA) is 79.7 Å². The smallest absolute Gasteiger partial charge is 0.334 e. The molecule has 0 aliphatic carbocycles. The number of urea groups is 1. The van der Waals surface area contributed by atoms with Gasteiger partial charge in [0.15, 0.2) is 5.78 Å². The van der Waals surface area contributed by atoms with Crippen molar-refractivity contribution in [3.8, 4) is 0 Å². The predicted molar refractivity (Wildman–Crippen MR) is 103 cm³/mol. The minimum absolute atomic E-state index is 0.0969. The summed E-state index contributed by atoms with van der Waals surface area (Å²) in [5.74, 6) is -2.77. The van der Waals surface area contributed by atoms with Crippen LogP contribution in [0.1, 0.15) is 27.3 Å². The predicted octanol–water partition coefficient (Wildman–Crippen LogP) is 2.45. The summed E-state index contributed by atoms with van der Waals surface area (Å²) >= 11 is 0. The Balaban J connectivity index is 1.81. The highest BCUT2D eigenvalue weighted by Gasteiger charge is 2.44. The highest BCUT2D eigenvalue weighted by atomic mass is 19.1. The van der Waals surface area contributed by atoms with E-state index in [9.17, 15) is 23.6 Å². The van der Waals surface area contributed by atoms with Crippen LogP contribution in [0.3, 0.4) is 0 Å². The van der Waals surface area contributed by atoms with Gasteiger partial charge in [0.2, 0.25) is 0 Å². The average Bonchev–Trinajstić information content (AvgIpc) is 3.08. The summed E-state index contributed by atoms with van der Waals surface area (Å²) in [6.45, 7) is 6.86. The van der Waals surface area contributed by atoms with Gasteiger partial charge in [0.25, 0.3) is 0 Å². The zero-order chi connectivity index (χ0) is 21.3. The highest BCUT2D eigenvalue weighted by molar-refractivity contribution is 6.45. The Labute approximate surface area is 167 Å². The quantitative estimate of drug-likeness (QED) is 0.311. The lowest BCUT2D eigenvalue weighted by Gasteiger charge is -2.14. The molecule has 29 heavy (non-hydrogen) atoms. The van der Waals surface area contributed by atoms with E-state index in [0.717, 1.165) is 16.2 Å². The number of Topliss-reactive ketones (excluding diaryl/α,β-unsaturated/α-hetero) is 1. The van der Waals surface area contributed by atoms with Crippen molar-refractivity contribution in [3.63, 3.8) is 0 Å². The van der Waals surface area contributed by atoms with Crippen LogP contribution < -0.4 is 0 Å². The summed E-state index contributed by atoms with van der Waals surface area (Å²) in [5, 5.41) is 0. The standard InChI is InChI=1S/C21H20FN3O4/c1-4-9-23-19(27)20(28)25(21(23)29)12-18(26)17-10-13(2)24(14(17)3)11-15-5-7-16(22)8-6-15/h4-8,10H,1,9,11-12H2,2-3H3. The molecule has 0 N–H and O–H groups in total. The van der Waals surface area contributed by atoms with Crippen LogP contribution in [0.2, 0.25) is 0 Å². The Morgan fingerprint density at radius 1 is 1.07 bits per heavy atom. The van der Waals surface area contributed by atoms with Crippen molar-refractivity contribution in [1.82, 2.24) is 14.4 Å². The van der Waals surface area contributed by atoms with E-state index in [4.69, 9.17) is 0 Å². The number of halogens is 1. The van der Waals surface area contributed by atoms with Crippen LogP contribution in [0.15, 0.2) is 43.0 Å². The molecule has 7 nitrogen and oxygen atoms in total. The van der Waals surface area contributed by atoms with E-state index in [0.29, 0.717) is 22.7 Å². The lowest BCUT2D eigenvalue weighted by molar-refractivity contribution is -0.142. The molecule has 3 rings (SSSR count). The average molecular weight is 397 g/mol. The van der Waals surface area contributed by atoms with Gasteiger partial charge in [-0.2, -0.15) is 0 Å². The van der Waals surface area contributed by atoms with Gasteiger partial charge in [0, 0.05) is 30.0 Å². The fraction of sp³-hybridized carbons (Fsp3) is 0.238. The Morgan fingerprint density at radius 3 is 2.31 bits per heavy atom. The van der Waals surface area contributed by atoms with E-state index >= 15 is 0 Å². The van der Waals surface area contributed by atoms with Crippen LogP contribution >= 0.6 is 0 Å². The first-order chi connectivity index (χ1) is 13.7. The van der Waals surface area contributed by atoms with Crippen molar-refractivity contribution in [3.05, 3.63) is 71.3 Å². The molecule has 1 saturated heterocycles. The zero-order valence-electron chi connectivity index (χ0n) is 16.1. The van der Waals surface area contributed by atoms with Gasteiger partial charge in [-0.05, 0) is 37.6 Å². The fourth-order valence-corrected chi connectivity index (χ4v) is 3.31. The SMILES string of the molecule is C=CCN1C(=O)C(=O)N(CC(=O)c2cc(C)n(Cc3ccc(F)cc3)c2C)C1=O. The van der Waals surface area contributed by atoms with Crippen molar-refractivity contribution in [1.29, 1.82) is 0 Å². The maximum atomic E-state index is 13.1. The normalized spacial score (nSPS) is 14.1. The van der Waals surface area contributed by atoms with E-state index in [-0.39, 0.29) is 12.4 Å². The summed E-state index contributed by atoms with van der Waals surface area (Å²) in [4.78, 5) is 50.5. The molecule has 0 spiro atoms. The number of aryl methyl sites for hydroxylation is 1. The molecule has 0 unspecified atom stereocenters. The third kappa shape index (κ3) is 3.73. The number of hydrogen-bond acceptors (Lipinski definition) is 4. The summed E-state index contributed by atoms with van der Waals surface area (Å²) in [5.41, 5.74) is 2.69. The molecule has 2 heterocycles. The van der Waals surface area contributed by atoms with E-state index in [2.05, 4.69) is 6.58 Å². The maximum absolute atomic E-state index is 13.1. The number of ketones is 1. The number of nitrogens with zero attached hydrogens (tertiary/aromatic N) is 3. The second kappa shape index (κ2) is 7.83. The fourth-order valence-electron chi connectivity index (χ4n) is 3.31. The van der Waals surface area contributed by atoms with Gasteiger partial charge < -0.3 is 4.57 Å². The van der Waals surface area contributed by atoms with Gasteiger partial charge in [-0.3, -0.25) is 19.3 Å². The summed E-state index contributed by atoms with van der Waals surface area (Å²) in [6, 6.07) is 6.91. The number of hydrogen-bond donors (Lipinski definition) is 0. The van der Waals surface area contributed by atoms with E-state index in [1.807, 2.05) is 11.5 Å². The largest absolute Gasteiger partial charge is 0.344 e. The highest BCUT2D eigenvalue weighted by Crippen LogP contribution is 2.20. The van der Waals surface area contributed by atoms with Crippen LogP contribution in [-0.2, 0) is 16.1 Å². The summed E-state index contributed by atoms with van der Waals surface area (Å²) < 4.78 is 15.0. The molecule has 0 saturated carbocycles. The Bertz CT molecular complexity index is 1020. The molecular formula is C21H20FN3O4. The molecule has 1 aliphatic rings. The van der Waals surface area contributed by atoms with E-state index < -0.39 is 30.2 Å². The van der Waals surface area contributed by atoms with Crippen molar-refractivity contribution in [2.24, 2.45) is 0 Å². The first kappa shape index (κ1) is 20.2. The molecule has 1 aromatic carbocycles. The lowest BCUT2D eigenvalue weighted by Crippen LogP contribution is -2.37. The van der Waals surface area contributed by atoms with Gasteiger partial charge >= 0.3 is 17.8 Å². The van der Waals surface area contributed by atoms with Crippen LogP contribution in [0.4, 0.5) is 9.18 Å². The molecule has 0 radical (unpaired) electrons. The molecule has 1 aromatic heterocycles. The maximum Gasteiger partial charge on any atom is 0.334 e. The van der Waals surface area contributed by atoms with E-state index in [1.165, 1.54) is 18.2 Å². The van der Waals surface area contributed by atoms with Crippen molar-refractivity contribution < 1.29 is 23.6 Å². The number of benzene rings is 1. The molecule has 0 atom stereocenters. The molecule has 8 heteroatoms. The van der Waals surface area contributed by atoms with Gasteiger partial charge in [0.1, 0.15) is 5.82 Å². The zero-order valence-corrected chi connectivity index (χ0v) is 16.1. The van der Waals surface area contributed by atoms with Gasteiger partial charge in [-0.15, -0.1) is 6.58 Å².